The third-order valence-corrected chi connectivity index (χ3v) is 4.07. The van der Waals surface area contributed by atoms with Crippen molar-refractivity contribution in [2.45, 2.75) is 25.2 Å². The van der Waals surface area contributed by atoms with E-state index in [1.165, 1.54) is 11.1 Å². The van der Waals surface area contributed by atoms with Gasteiger partial charge in [-0.3, -0.25) is 4.79 Å². The van der Waals surface area contributed by atoms with Crippen molar-refractivity contribution < 1.29 is 4.79 Å². The van der Waals surface area contributed by atoms with Gasteiger partial charge in [0.15, 0.2) is 0 Å². The average molecular weight is 250 g/mol. The van der Waals surface area contributed by atoms with Gasteiger partial charge < -0.3 is 0 Å². The molecule has 2 aromatic carbocycles. The highest BCUT2D eigenvalue weighted by atomic mass is 16.1. The fourth-order valence-corrected chi connectivity index (χ4v) is 3.17. The molecular weight excluding hydrogens is 232 g/mol. The number of Topliss-reactive ketones (excluding diaryl/α,β-unsaturated/α-hetero) is 1. The van der Waals surface area contributed by atoms with Gasteiger partial charge in [0.2, 0.25) is 0 Å². The highest BCUT2D eigenvalue weighted by Crippen LogP contribution is 2.39. The Hall–Kier alpha value is -1.89. The molecule has 0 spiro atoms. The fourth-order valence-electron chi connectivity index (χ4n) is 3.17. The van der Waals surface area contributed by atoms with Gasteiger partial charge in [-0.15, -0.1) is 0 Å². The highest BCUT2D eigenvalue weighted by molar-refractivity contribution is 5.84. The van der Waals surface area contributed by atoms with Crippen LogP contribution in [0.3, 0.4) is 0 Å². The molecule has 1 atom stereocenters. The van der Waals surface area contributed by atoms with E-state index in [1.807, 2.05) is 12.1 Å². The molecule has 0 aromatic heterocycles. The highest BCUT2D eigenvalue weighted by Gasteiger charge is 2.33. The first-order valence-electron chi connectivity index (χ1n) is 6.99. The third kappa shape index (κ3) is 2.46. The second kappa shape index (κ2) is 5.40. The predicted octanol–water partition coefficient (Wildman–Crippen LogP) is 4.19. The summed E-state index contributed by atoms with van der Waals surface area (Å²) < 4.78 is 0. The number of ketones is 1. The number of carbonyl (C=O) groups is 1. The van der Waals surface area contributed by atoms with E-state index < -0.39 is 0 Å². The molecule has 1 aliphatic carbocycles. The predicted molar refractivity (Wildman–Crippen MR) is 77.1 cm³/mol. The molecule has 1 heteroatoms. The minimum Gasteiger partial charge on any atom is -0.299 e. The summed E-state index contributed by atoms with van der Waals surface area (Å²) in [6, 6.07) is 20.9. The van der Waals surface area contributed by atoms with Crippen LogP contribution in [0.5, 0.6) is 0 Å². The quantitative estimate of drug-likeness (QED) is 0.798. The van der Waals surface area contributed by atoms with E-state index in [1.54, 1.807) is 0 Å². The zero-order chi connectivity index (χ0) is 13.1. The van der Waals surface area contributed by atoms with Crippen LogP contribution in [-0.2, 0) is 4.79 Å². The summed E-state index contributed by atoms with van der Waals surface area (Å²) in [5.74, 6) is 0.805. The first kappa shape index (κ1) is 12.2. The van der Waals surface area contributed by atoms with E-state index in [9.17, 15) is 4.79 Å². The number of carbonyl (C=O) groups excluding carboxylic acids is 1. The van der Waals surface area contributed by atoms with E-state index in [2.05, 4.69) is 48.5 Å². The van der Waals surface area contributed by atoms with Gasteiger partial charge in [0, 0.05) is 18.3 Å². The van der Waals surface area contributed by atoms with Crippen LogP contribution in [0.2, 0.25) is 0 Å². The lowest BCUT2D eigenvalue weighted by molar-refractivity contribution is -0.121. The smallest absolute Gasteiger partial charge is 0.136 e. The van der Waals surface area contributed by atoms with E-state index in [-0.39, 0.29) is 11.8 Å². The van der Waals surface area contributed by atoms with Gasteiger partial charge in [-0.05, 0) is 24.0 Å². The van der Waals surface area contributed by atoms with E-state index in [0.717, 1.165) is 19.3 Å². The van der Waals surface area contributed by atoms with Gasteiger partial charge in [0.05, 0.1) is 0 Å². The standard InChI is InChI=1S/C18H18O/c19-17-13-7-12-16(17)18(14-8-3-1-4-9-14)15-10-5-2-6-11-15/h1-6,8-11,16,18H,7,12-13H2. The summed E-state index contributed by atoms with van der Waals surface area (Å²) in [7, 11) is 0. The summed E-state index contributed by atoms with van der Waals surface area (Å²) in [4.78, 5) is 12.2. The van der Waals surface area contributed by atoms with Crippen molar-refractivity contribution in [2.24, 2.45) is 5.92 Å². The maximum atomic E-state index is 12.2. The van der Waals surface area contributed by atoms with Crippen LogP contribution in [-0.4, -0.2) is 5.78 Å². The lowest BCUT2D eigenvalue weighted by Crippen LogP contribution is -2.18. The Labute approximate surface area is 114 Å². The molecule has 0 heterocycles. The summed E-state index contributed by atoms with van der Waals surface area (Å²) in [5.41, 5.74) is 2.52. The molecule has 0 amide bonds. The Morgan fingerprint density at radius 1 is 0.842 bits per heavy atom. The molecule has 19 heavy (non-hydrogen) atoms. The maximum absolute atomic E-state index is 12.2. The monoisotopic (exact) mass is 250 g/mol. The molecule has 1 unspecified atom stereocenters. The van der Waals surface area contributed by atoms with Crippen molar-refractivity contribution in [2.75, 3.05) is 0 Å². The number of hydrogen-bond acceptors (Lipinski definition) is 1. The molecule has 1 fully saturated rings. The Morgan fingerprint density at radius 2 is 1.37 bits per heavy atom. The van der Waals surface area contributed by atoms with Crippen LogP contribution in [0.4, 0.5) is 0 Å². The molecule has 96 valence electrons. The summed E-state index contributed by atoms with van der Waals surface area (Å²) in [6.07, 6.45) is 2.81. The maximum Gasteiger partial charge on any atom is 0.136 e. The lowest BCUT2D eigenvalue weighted by Gasteiger charge is -2.23. The Morgan fingerprint density at radius 3 is 1.79 bits per heavy atom. The number of benzene rings is 2. The van der Waals surface area contributed by atoms with Crippen LogP contribution in [0.15, 0.2) is 60.7 Å². The molecule has 0 aliphatic heterocycles. The Kier molecular flexibility index (Phi) is 3.45. The molecule has 0 N–H and O–H groups in total. The van der Waals surface area contributed by atoms with Gasteiger partial charge in [0.25, 0.3) is 0 Å². The van der Waals surface area contributed by atoms with Gasteiger partial charge in [-0.1, -0.05) is 60.7 Å². The van der Waals surface area contributed by atoms with E-state index in [0.29, 0.717) is 5.78 Å². The summed E-state index contributed by atoms with van der Waals surface area (Å²) in [6.45, 7) is 0. The van der Waals surface area contributed by atoms with Crippen LogP contribution >= 0.6 is 0 Å². The largest absolute Gasteiger partial charge is 0.299 e. The first-order valence-corrected chi connectivity index (χ1v) is 6.99. The minimum atomic E-state index is 0.157. The Bertz CT molecular complexity index is 505. The van der Waals surface area contributed by atoms with Crippen LogP contribution < -0.4 is 0 Å². The SMILES string of the molecule is O=C1CCCC1C(c1ccccc1)c1ccccc1. The van der Waals surface area contributed by atoms with Crippen LogP contribution in [0.25, 0.3) is 0 Å². The first-order chi connectivity index (χ1) is 9.36. The van der Waals surface area contributed by atoms with Crippen molar-refractivity contribution in [3.05, 3.63) is 71.8 Å². The molecule has 1 nitrogen and oxygen atoms in total. The molecular formula is C18H18O. The fraction of sp³-hybridized carbons (Fsp3) is 0.278. The molecule has 0 saturated heterocycles. The van der Waals surface area contributed by atoms with Gasteiger partial charge in [-0.25, -0.2) is 0 Å². The van der Waals surface area contributed by atoms with E-state index >= 15 is 0 Å². The zero-order valence-electron chi connectivity index (χ0n) is 11.0. The molecule has 0 bridgehead atoms. The molecule has 3 rings (SSSR count). The summed E-state index contributed by atoms with van der Waals surface area (Å²) >= 11 is 0. The minimum absolute atomic E-state index is 0.157. The zero-order valence-corrected chi connectivity index (χ0v) is 11.0. The second-order valence-corrected chi connectivity index (χ2v) is 5.26. The number of hydrogen-bond donors (Lipinski definition) is 0. The molecule has 1 aliphatic rings. The van der Waals surface area contributed by atoms with Gasteiger partial charge in [-0.2, -0.15) is 0 Å². The van der Waals surface area contributed by atoms with Crippen LogP contribution in [0.1, 0.15) is 36.3 Å². The van der Waals surface area contributed by atoms with Crippen molar-refractivity contribution >= 4 is 5.78 Å². The van der Waals surface area contributed by atoms with Crippen molar-refractivity contribution in [1.82, 2.24) is 0 Å². The lowest BCUT2D eigenvalue weighted by atomic mass is 9.79. The topological polar surface area (TPSA) is 17.1 Å². The molecule has 0 radical (unpaired) electrons. The summed E-state index contributed by atoms with van der Waals surface area (Å²) in [5, 5.41) is 0. The number of rotatable bonds is 3. The Balaban J connectivity index is 2.03. The molecule has 2 aromatic rings. The normalized spacial score (nSPS) is 19.0. The van der Waals surface area contributed by atoms with Gasteiger partial charge in [0.1, 0.15) is 5.78 Å². The van der Waals surface area contributed by atoms with Crippen molar-refractivity contribution in [3.63, 3.8) is 0 Å². The average Bonchev–Trinajstić information content (AvgIpc) is 2.88. The third-order valence-electron chi connectivity index (χ3n) is 4.07. The molecule has 1 saturated carbocycles. The van der Waals surface area contributed by atoms with Crippen molar-refractivity contribution in [1.29, 1.82) is 0 Å². The second-order valence-electron chi connectivity index (χ2n) is 5.26. The van der Waals surface area contributed by atoms with Crippen molar-refractivity contribution in [3.8, 4) is 0 Å². The van der Waals surface area contributed by atoms with Gasteiger partial charge >= 0.3 is 0 Å². The van der Waals surface area contributed by atoms with Crippen LogP contribution in [0, 0.1) is 5.92 Å². The van der Waals surface area contributed by atoms with E-state index in [4.69, 9.17) is 0 Å².